The summed E-state index contributed by atoms with van der Waals surface area (Å²) in [4.78, 5) is 28.1. The molecule has 150 valence electrons. The van der Waals surface area contributed by atoms with Crippen LogP contribution in [0.3, 0.4) is 0 Å². The van der Waals surface area contributed by atoms with E-state index in [0.717, 1.165) is 18.4 Å². The molecule has 0 saturated carbocycles. The topological polar surface area (TPSA) is 121 Å². The van der Waals surface area contributed by atoms with Gasteiger partial charge in [0, 0.05) is 31.4 Å². The second kappa shape index (κ2) is 10.3. The van der Waals surface area contributed by atoms with Crippen molar-refractivity contribution >= 4 is 11.8 Å². The van der Waals surface area contributed by atoms with E-state index in [9.17, 15) is 19.8 Å². The summed E-state index contributed by atoms with van der Waals surface area (Å²) < 4.78 is 5.62. The molecule has 1 aliphatic heterocycles. The molecule has 27 heavy (non-hydrogen) atoms. The normalized spacial score (nSPS) is 24.8. The summed E-state index contributed by atoms with van der Waals surface area (Å²) in [7, 11) is 0. The lowest BCUT2D eigenvalue weighted by atomic mass is 10.0. The molecule has 4 atom stereocenters. The van der Waals surface area contributed by atoms with Crippen molar-refractivity contribution in [3.63, 3.8) is 0 Å². The zero-order valence-corrected chi connectivity index (χ0v) is 15.8. The van der Waals surface area contributed by atoms with E-state index in [-0.39, 0.29) is 30.7 Å². The lowest BCUT2D eigenvalue weighted by molar-refractivity contribution is -0.127. The quantitative estimate of drug-likeness (QED) is 0.484. The molecule has 8 nitrogen and oxygen atoms in total. The Morgan fingerprint density at radius 2 is 1.89 bits per heavy atom. The van der Waals surface area contributed by atoms with E-state index in [1.807, 2.05) is 19.9 Å². The van der Waals surface area contributed by atoms with Gasteiger partial charge in [-0.15, -0.1) is 0 Å². The molecule has 0 bridgehead atoms. The SMILES string of the molecule is CCC(CC)C(=O)NC[C@@H]1O[C@@H](CC(=O)NCc2cccnc2)[C@H](O)[C@@H]1O. The minimum absolute atomic E-state index is 0.0739. The van der Waals surface area contributed by atoms with Crippen molar-refractivity contribution in [3.05, 3.63) is 30.1 Å². The van der Waals surface area contributed by atoms with Crippen molar-refractivity contribution in [1.29, 1.82) is 0 Å². The van der Waals surface area contributed by atoms with Crippen LogP contribution in [0.5, 0.6) is 0 Å². The number of hydrogen-bond donors (Lipinski definition) is 4. The third-order valence-corrected chi connectivity index (χ3v) is 4.89. The van der Waals surface area contributed by atoms with Gasteiger partial charge in [0.2, 0.25) is 11.8 Å². The van der Waals surface area contributed by atoms with Gasteiger partial charge in [0.05, 0.1) is 12.5 Å². The molecule has 4 N–H and O–H groups in total. The van der Waals surface area contributed by atoms with Gasteiger partial charge < -0.3 is 25.6 Å². The predicted octanol–water partition coefficient (Wildman–Crippen LogP) is 0.130. The number of aliphatic hydroxyl groups is 2. The monoisotopic (exact) mass is 379 g/mol. The molecule has 1 aromatic rings. The second-order valence-electron chi connectivity index (χ2n) is 6.79. The molecule has 0 aliphatic carbocycles. The number of amides is 2. The van der Waals surface area contributed by atoms with E-state index in [1.165, 1.54) is 0 Å². The maximum Gasteiger partial charge on any atom is 0.223 e. The number of hydrogen-bond acceptors (Lipinski definition) is 6. The second-order valence-corrected chi connectivity index (χ2v) is 6.79. The molecule has 2 amide bonds. The van der Waals surface area contributed by atoms with Gasteiger partial charge >= 0.3 is 0 Å². The Morgan fingerprint density at radius 3 is 2.52 bits per heavy atom. The molecule has 2 heterocycles. The van der Waals surface area contributed by atoms with Gasteiger partial charge in [-0.1, -0.05) is 19.9 Å². The van der Waals surface area contributed by atoms with Crippen LogP contribution in [0.2, 0.25) is 0 Å². The average Bonchev–Trinajstić information content (AvgIpc) is 2.94. The number of nitrogens with zero attached hydrogens (tertiary/aromatic N) is 1. The number of aromatic nitrogens is 1. The molecular formula is C19H29N3O5. The van der Waals surface area contributed by atoms with Gasteiger partial charge in [-0.05, 0) is 24.5 Å². The van der Waals surface area contributed by atoms with Crippen molar-refractivity contribution in [2.24, 2.45) is 5.92 Å². The first-order valence-electron chi connectivity index (χ1n) is 9.41. The van der Waals surface area contributed by atoms with Crippen LogP contribution >= 0.6 is 0 Å². The number of rotatable bonds is 9. The Balaban J connectivity index is 1.79. The third kappa shape index (κ3) is 5.98. The minimum Gasteiger partial charge on any atom is -0.388 e. The Labute approximate surface area is 159 Å². The predicted molar refractivity (Wildman–Crippen MR) is 98.5 cm³/mol. The van der Waals surface area contributed by atoms with Crippen molar-refractivity contribution < 1.29 is 24.5 Å². The van der Waals surface area contributed by atoms with Crippen molar-refractivity contribution in [1.82, 2.24) is 15.6 Å². The third-order valence-electron chi connectivity index (χ3n) is 4.89. The maximum atomic E-state index is 12.1. The smallest absolute Gasteiger partial charge is 0.223 e. The van der Waals surface area contributed by atoms with Crippen molar-refractivity contribution in [3.8, 4) is 0 Å². The summed E-state index contributed by atoms with van der Waals surface area (Å²) in [5.74, 6) is -0.470. The summed E-state index contributed by atoms with van der Waals surface area (Å²) in [5.41, 5.74) is 0.862. The highest BCUT2D eigenvalue weighted by molar-refractivity contribution is 5.78. The summed E-state index contributed by atoms with van der Waals surface area (Å²) in [6.45, 7) is 4.31. The fraction of sp³-hybridized carbons (Fsp3) is 0.632. The lowest BCUT2D eigenvalue weighted by Crippen LogP contribution is -2.41. The molecule has 1 aliphatic rings. The van der Waals surface area contributed by atoms with Crippen LogP contribution in [-0.2, 0) is 20.9 Å². The van der Waals surface area contributed by atoms with Crippen molar-refractivity contribution in [2.75, 3.05) is 6.54 Å². The van der Waals surface area contributed by atoms with E-state index in [0.29, 0.717) is 6.54 Å². The average molecular weight is 379 g/mol. The molecule has 0 unspecified atom stereocenters. The van der Waals surface area contributed by atoms with E-state index < -0.39 is 24.4 Å². The number of carbonyl (C=O) groups excluding carboxylic acids is 2. The largest absolute Gasteiger partial charge is 0.388 e. The van der Waals surface area contributed by atoms with Gasteiger partial charge in [-0.25, -0.2) is 0 Å². The molecule has 8 heteroatoms. The van der Waals surface area contributed by atoms with Crippen LogP contribution in [0.15, 0.2) is 24.5 Å². The Hall–Kier alpha value is -2.03. The standard InChI is InChI=1S/C19H29N3O5/c1-3-13(4-2)19(26)22-11-15-18(25)17(24)14(27-15)8-16(23)21-10-12-6-5-7-20-9-12/h5-7,9,13-15,17-18,24-25H,3-4,8,10-11H2,1-2H3,(H,21,23)(H,22,26)/t14-,15-,17-,18+/m0/s1. The highest BCUT2D eigenvalue weighted by Crippen LogP contribution is 2.23. The number of nitrogens with one attached hydrogen (secondary N) is 2. The van der Waals surface area contributed by atoms with Gasteiger partial charge in [-0.2, -0.15) is 0 Å². The molecule has 1 aromatic heterocycles. The summed E-state index contributed by atoms with van der Waals surface area (Å²) >= 11 is 0. The molecule has 1 fully saturated rings. The number of pyridine rings is 1. The number of ether oxygens (including phenoxy) is 1. The summed E-state index contributed by atoms with van der Waals surface area (Å²) in [6.07, 6.45) is 0.819. The minimum atomic E-state index is -1.18. The van der Waals surface area contributed by atoms with E-state index in [1.54, 1.807) is 18.5 Å². The van der Waals surface area contributed by atoms with Gasteiger partial charge in [0.15, 0.2) is 0 Å². The first-order valence-corrected chi connectivity index (χ1v) is 9.41. The van der Waals surface area contributed by atoms with E-state index in [4.69, 9.17) is 4.74 Å². The molecular weight excluding hydrogens is 350 g/mol. The molecule has 2 rings (SSSR count). The zero-order chi connectivity index (χ0) is 19.8. The molecule has 0 spiro atoms. The Kier molecular flexibility index (Phi) is 8.15. The number of aliphatic hydroxyl groups excluding tert-OH is 2. The van der Waals surface area contributed by atoms with Gasteiger partial charge in [0.1, 0.15) is 18.3 Å². The van der Waals surface area contributed by atoms with Crippen LogP contribution in [0.25, 0.3) is 0 Å². The van der Waals surface area contributed by atoms with Crippen LogP contribution in [0.4, 0.5) is 0 Å². The fourth-order valence-corrected chi connectivity index (χ4v) is 3.13. The van der Waals surface area contributed by atoms with E-state index in [2.05, 4.69) is 15.6 Å². The first-order chi connectivity index (χ1) is 13.0. The fourth-order valence-electron chi connectivity index (χ4n) is 3.13. The summed E-state index contributed by atoms with van der Waals surface area (Å²) in [5, 5.41) is 25.8. The highest BCUT2D eigenvalue weighted by atomic mass is 16.5. The lowest BCUT2D eigenvalue weighted by Gasteiger charge is -2.18. The summed E-state index contributed by atoms with van der Waals surface area (Å²) in [6, 6.07) is 3.62. The van der Waals surface area contributed by atoms with E-state index >= 15 is 0 Å². The van der Waals surface area contributed by atoms with Crippen LogP contribution in [-0.4, -0.2) is 58.0 Å². The van der Waals surface area contributed by atoms with Crippen LogP contribution in [0, 0.1) is 5.92 Å². The van der Waals surface area contributed by atoms with Crippen LogP contribution in [0.1, 0.15) is 38.7 Å². The Bertz CT molecular complexity index is 609. The Morgan fingerprint density at radius 1 is 1.19 bits per heavy atom. The van der Waals surface area contributed by atoms with Gasteiger partial charge in [0.25, 0.3) is 0 Å². The molecule has 0 radical (unpaired) electrons. The number of carbonyl (C=O) groups is 2. The van der Waals surface area contributed by atoms with Gasteiger partial charge in [-0.3, -0.25) is 14.6 Å². The highest BCUT2D eigenvalue weighted by Gasteiger charge is 2.43. The van der Waals surface area contributed by atoms with Crippen molar-refractivity contribution in [2.45, 2.75) is 64.1 Å². The van der Waals surface area contributed by atoms with Crippen LogP contribution < -0.4 is 10.6 Å². The first kappa shape index (κ1) is 21.3. The zero-order valence-electron chi connectivity index (χ0n) is 15.8. The molecule has 0 aromatic carbocycles. The molecule has 1 saturated heterocycles. The maximum absolute atomic E-state index is 12.1.